The van der Waals surface area contributed by atoms with E-state index in [4.69, 9.17) is 9.26 Å². The third-order valence-electron chi connectivity index (χ3n) is 4.76. The number of benzene rings is 1. The van der Waals surface area contributed by atoms with Crippen LogP contribution >= 0.6 is 0 Å². The van der Waals surface area contributed by atoms with Gasteiger partial charge in [0.05, 0.1) is 13.7 Å². The Kier molecular flexibility index (Phi) is 4.84. The molecule has 1 aliphatic rings. The summed E-state index contributed by atoms with van der Waals surface area (Å²) in [6, 6.07) is 5.91. The predicted octanol–water partition coefficient (Wildman–Crippen LogP) is 3.95. The van der Waals surface area contributed by atoms with Gasteiger partial charge in [0.2, 0.25) is 5.89 Å². The molecule has 0 radical (unpaired) electrons. The van der Waals surface area contributed by atoms with Gasteiger partial charge in [-0.2, -0.15) is 18.2 Å². The third-order valence-corrected chi connectivity index (χ3v) is 4.76. The van der Waals surface area contributed by atoms with Crippen molar-refractivity contribution in [2.24, 2.45) is 0 Å². The fourth-order valence-electron chi connectivity index (χ4n) is 3.39. The number of hydrogen-bond donors (Lipinski definition) is 1. The Hall–Kier alpha value is -2.81. The molecule has 1 aliphatic heterocycles. The van der Waals surface area contributed by atoms with Crippen molar-refractivity contribution >= 4 is 16.5 Å². The average Bonchev–Trinajstić information content (AvgIpc) is 3.27. The molecule has 148 valence electrons. The predicted molar refractivity (Wildman–Crippen MR) is 96.8 cm³/mol. The van der Waals surface area contributed by atoms with Crippen LogP contribution in [0.4, 0.5) is 13.2 Å². The highest BCUT2D eigenvalue weighted by Crippen LogP contribution is 2.31. The molecule has 6 nitrogen and oxygen atoms in total. The zero-order chi connectivity index (χ0) is 19.7. The quantitative estimate of drug-likeness (QED) is 0.712. The van der Waals surface area contributed by atoms with Gasteiger partial charge in [0.1, 0.15) is 12.2 Å². The number of H-pyrrole nitrogens is 1. The second kappa shape index (κ2) is 7.31. The summed E-state index contributed by atoms with van der Waals surface area (Å²) in [5.74, 6) is 0.675. The second-order valence-electron chi connectivity index (χ2n) is 6.72. The van der Waals surface area contributed by atoms with Gasteiger partial charge in [0.15, 0.2) is 5.82 Å². The number of nitrogens with zero attached hydrogens (tertiary/aromatic N) is 3. The van der Waals surface area contributed by atoms with Crippen molar-refractivity contribution < 1.29 is 22.4 Å². The summed E-state index contributed by atoms with van der Waals surface area (Å²) in [6.45, 7) is 1.73. The lowest BCUT2D eigenvalue weighted by molar-refractivity contribution is -0.128. The molecule has 0 spiro atoms. The third kappa shape index (κ3) is 4.04. The molecule has 1 N–H and O–H groups in total. The lowest BCUT2D eigenvalue weighted by Crippen LogP contribution is -2.28. The van der Waals surface area contributed by atoms with Crippen molar-refractivity contribution in [1.82, 2.24) is 20.0 Å². The summed E-state index contributed by atoms with van der Waals surface area (Å²) in [7, 11) is 1.64. The lowest BCUT2D eigenvalue weighted by atomic mass is 9.99. The number of methoxy groups -OCH3 is 1. The SMILES string of the molecule is COc1ccc2[nH]cc(C3=CCN(Cc4nc(CC(F)(F)F)no4)CC3)c2c1. The van der Waals surface area contributed by atoms with Gasteiger partial charge in [-0.15, -0.1) is 0 Å². The molecular weight excluding hydrogens is 373 g/mol. The number of nitrogens with one attached hydrogen (secondary N) is 1. The van der Waals surface area contributed by atoms with Crippen LogP contribution in [0.15, 0.2) is 35.0 Å². The van der Waals surface area contributed by atoms with Crippen molar-refractivity contribution in [2.75, 3.05) is 20.2 Å². The smallest absolute Gasteiger partial charge is 0.396 e. The Balaban J connectivity index is 1.44. The zero-order valence-electron chi connectivity index (χ0n) is 15.2. The van der Waals surface area contributed by atoms with Crippen LogP contribution < -0.4 is 4.74 Å². The normalized spacial score (nSPS) is 15.8. The van der Waals surface area contributed by atoms with E-state index in [-0.39, 0.29) is 11.7 Å². The Labute approximate surface area is 159 Å². The highest BCUT2D eigenvalue weighted by molar-refractivity contribution is 5.93. The van der Waals surface area contributed by atoms with Gasteiger partial charge in [-0.1, -0.05) is 11.2 Å². The molecule has 28 heavy (non-hydrogen) atoms. The topological polar surface area (TPSA) is 67.2 Å². The summed E-state index contributed by atoms with van der Waals surface area (Å²) in [5, 5.41) is 4.51. The molecule has 0 aliphatic carbocycles. The summed E-state index contributed by atoms with van der Waals surface area (Å²) in [5.41, 5.74) is 3.40. The zero-order valence-corrected chi connectivity index (χ0v) is 15.2. The van der Waals surface area contributed by atoms with Crippen LogP contribution in [0.1, 0.15) is 23.7 Å². The molecule has 0 saturated heterocycles. The highest BCUT2D eigenvalue weighted by atomic mass is 19.4. The fraction of sp³-hybridized carbons (Fsp3) is 0.368. The number of aromatic amines is 1. The average molecular weight is 392 g/mol. The highest BCUT2D eigenvalue weighted by Gasteiger charge is 2.30. The number of hydrogen-bond acceptors (Lipinski definition) is 5. The van der Waals surface area contributed by atoms with E-state index in [1.807, 2.05) is 24.4 Å². The first-order chi connectivity index (χ1) is 13.4. The maximum atomic E-state index is 12.4. The molecular formula is C19H19F3N4O2. The molecule has 0 amide bonds. The first kappa shape index (κ1) is 18.5. The number of aromatic nitrogens is 3. The second-order valence-corrected chi connectivity index (χ2v) is 6.72. The molecule has 9 heteroatoms. The van der Waals surface area contributed by atoms with E-state index in [0.29, 0.717) is 13.1 Å². The van der Waals surface area contributed by atoms with E-state index >= 15 is 0 Å². The molecule has 0 bridgehead atoms. The number of alkyl halides is 3. The number of ether oxygens (including phenoxy) is 1. The van der Waals surface area contributed by atoms with Gasteiger partial charge in [-0.25, -0.2) is 0 Å². The summed E-state index contributed by atoms with van der Waals surface area (Å²) < 4.78 is 47.5. The summed E-state index contributed by atoms with van der Waals surface area (Å²) in [4.78, 5) is 9.17. The van der Waals surface area contributed by atoms with E-state index in [9.17, 15) is 13.2 Å². The van der Waals surface area contributed by atoms with Crippen LogP contribution in [0.3, 0.4) is 0 Å². The minimum absolute atomic E-state index is 0.202. The summed E-state index contributed by atoms with van der Waals surface area (Å²) >= 11 is 0. The minimum Gasteiger partial charge on any atom is -0.497 e. The van der Waals surface area contributed by atoms with E-state index in [1.165, 1.54) is 5.57 Å². The lowest BCUT2D eigenvalue weighted by Gasteiger charge is -2.24. The molecule has 3 heterocycles. The van der Waals surface area contributed by atoms with Crippen LogP contribution in [0.2, 0.25) is 0 Å². The Morgan fingerprint density at radius 3 is 2.89 bits per heavy atom. The van der Waals surface area contributed by atoms with Crippen molar-refractivity contribution in [1.29, 1.82) is 0 Å². The molecule has 3 aromatic rings. The Morgan fingerprint density at radius 1 is 1.32 bits per heavy atom. The first-order valence-electron chi connectivity index (χ1n) is 8.86. The van der Waals surface area contributed by atoms with Gasteiger partial charge < -0.3 is 14.2 Å². The molecule has 0 fully saturated rings. The number of rotatable bonds is 5. The number of halogens is 3. The van der Waals surface area contributed by atoms with Gasteiger partial charge in [-0.3, -0.25) is 4.90 Å². The largest absolute Gasteiger partial charge is 0.497 e. The van der Waals surface area contributed by atoms with Crippen LogP contribution in [0.5, 0.6) is 5.75 Å². The van der Waals surface area contributed by atoms with Gasteiger partial charge in [0, 0.05) is 35.8 Å². The van der Waals surface area contributed by atoms with Crippen LogP contribution in [-0.2, 0) is 13.0 Å². The van der Waals surface area contributed by atoms with Crippen molar-refractivity contribution in [2.45, 2.75) is 25.6 Å². The van der Waals surface area contributed by atoms with Gasteiger partial charge in [-0.05, 0) is 30.2 Å². The standard InChI is InChI=1S/C19H19F3N4O2/c1-27-13-2-3-16-14(8-13)15(10-23-16)12-4-6-26(7-5-12)11-18-24-17(25-28-18)9-19(20,21)22/h2-4,8,10,23H,5-7,9,11H2,1H3. The molecule has 2 aromatic heterocycles. The van der Waals surface area contributed by atoms with Crippen molar-refractivity contribution in [3.8, 4) is 5.75 Å². The molecule has 1 aromatic carbocycles. The fourth-order valence-corrected chi connectivity index (χ4v) is 3.39. The Morgan fingerprint density at radius 2 is 2.18 bits per heavy atom. The molecule has 4 rings (SSSR count). The van der Waals surface area contributed by atoms with E-state index in [0.717, 1.165) is 35.2 Å². The van der Waals surface area contributed by atoms with E-state index in [1.54, 1.807) is 7.11 Å². The van der Waals surface area contributed by atoms with Crippen LogP contribution in [0.25, 0.3) is 16.5 Å². The van der Waals surface area contributed by atoms with E-state index in [2.05, 4.69) is 26.1 Å². The van der Waals surface area contributed by atoms with Crippen LogP contribution in [0, 0.1) is 0 Å². The molecule has 0 unspecified atom stereocenters. The minimum atomic E-state index is -4.34. The molecule has 0 atom stereocenters. The first-order valence-corrected chi connectivity index (χ1v) is 8.86. The summed E-state index contributed by atoms with van der Waals surface area (Å²) in [6.07, 6.45) is -0.587. The maximum Gasteiger partial charge on any atom is 0.396 e. The molecule has 0 saturated carbocycles. The van der Waals surface area contributed by atoms with Gasteiger partial charge >= 0.3 is 6.18 Å². The van der Waals surface area contributed by atoms with Crippen LogP contribution in [-0.4, -0.2) is 46.4 Å². The van der Waals surface area contributed by atoms with Gasteiger partial charge in [0.25, 0.3) is 0 Å². The van der Waals surface area contributed by atoms with Crippen molar-refractivity contribution in [3.05, 3.63) is 47.8 Å². The number of fused-ring (bicyclic) bond motifs is 1. The monoisotopic (exact) mass is 392 g/mol. The maximum absolute atomic E-state index is 12.4. The van der Waals surface area contributed by atoms with E-state index < -0.39 is 12.6 Å². The van der Waals surface area contributed by atoms with Crippen molar-refractivity contribution in [3.63, 3.8) is 0 Å². The Bertz CT molecular complexity index is 1010.